The van der Waals surface area contributed by atoms with E-state index in [9.17, 15) is 4.39 Å². The van der Waals surface area contributed by atoms with Gasteiger partial charge < -0.3 is 4.74 Å². The van der Waals surface area contributed by atoms with Crippen molar-refractivity contribution in [3.63, 3.8) is 0 Å². The molecule has 2 nitrogen and oxygen atoms in total. The predicted octanol–water partition coefficient (Wildman–Crippen LogP) is 2.45. The maximum atomic E-state index is 13.0. The summed E-state index contributed by atoms with van der Waals surface area (Å²) in [4.78, 5) is 4.51. The fourth-order valence-corrected chi connectivity index (χ4v) is 1.92. The number of fused-ring (bicyclic) bond motifs is 2. The Morgan fingerprint density at radius 3 is 3.13 bits per heavy atom. The van der Waals surface area contributed by atoms with Crippen LogP contribution in [0.4, 0.5) is 4.39 Å². The molecule has 2 heterocycles. The van der Waals surface area contributed by atoms with E-state index in [2.05, 4.69) is 4.98 Å². The Balaban J connectivity index is 2.26. The van der Waals surface area contributed by atoms with E-state index in [4.69, 9.17) is 4.74 Å². The van der Waals surface area contributed by atoms with E-state index in [0.29, 0.717) is 6.61 Å². The van der Waals surface area contributed by atoms with Crippen LogP contribution in [0.15, 0.2) is 24.3 Å². The number of hydrogen-bond donors (Lipinski definition) is 0. The smallest absolute Gasteiger partial charge is 0.123 e. The van der Waals surface area contributed by atoms with Gasteiger partial charge in [0.05, 0.1) is 18.7 Å². The van der Waals surface area contributed by atoms with E-state index in [1.165, 1.54) is 12.1 Å². The maximum absolute atomic E-state index is 13.0. The number of benzene rings is 1. The second-order valence-electron chi connectivity index (χ2n) is 3.73. The standard InChI is InChI=1S/C12H10FNO/c13-10-1-2-11-8(6-10)5-9-7-15-4-3-12(9)14-11/h1-2,5-6H,3-4,7H2. The monoisotopic (exact) mass is 203 g/mol. The van der Waals surface area contributed by atoms with E-state index < -0.39 is 0 Å². The molecule has 0 radical (unpaired) electrons. The highest BCUT2D eigenvalue weighted by atomic mass is 19.1. The number of ether oxygens (including phenoxy) is 1. The molecular weight excluding hydrogens is 193 g/mol. The number of nitrogens with zero attached hydrogens (tertiary/aromatic N) is 1. The average molecular weight is 203 g/mol. The van der Waals surface area contributed by atoms with E-state index in [-0.39, 0.29) is 5.82 Å². The first-order chi connectivity index (χ1) is 7.33. The van der Waals surface area contributed by atoms with Gasteiger partial charge in [-0.2, -0.15) is 0 Å². The summed E-state index contributed by atoms with van der Waals surface area (Å²) in [5.74, 6) is -0.221. The lowest BCUT2D eigenvalue weighted by Crippen LogP contribution is -2.11. The molecule has 0 bridgehead atoms. The van der Waals surface area contributed by atoms with Crippen LogP contribution in [0.25, 0.3) is 10.9 Å². The number of pyridine rings is 1. The third-order valence-corrected chi connectivity index (χ3v) is 2.69. The molecule has 0 fully saturated rings. The lowest BCUT2D eigenvalue weighted by atomic mass is 10.1. The molecule has 2 aromatic rings. The molecule has 3 heteroatoms. The number of aromatic nitrogens is 1. The quantitative estimate of drug-likeness (QED) is 0.656. The molecule has 0 atom stereocenters. The van der Waals surface area contributed by atoms with Crippen molar-refractivity contribution in [3.8, 4) is 0 Å². The molecule has 0 saturated carbocycles. The highest BCUT2D eigenvalue weighted by Gasteiger charge is 2.11. The van der Waals surface area contributed by atoms with E-state index in [1.54, 1.807) is 6.07 Å². The first-order valence-corrected chi connectivity index (χ1v) is 4.99. The van der Waals surface area contributed by atoms with Crippen molar-refractivity contribution in [3.05, 3.63) is 41.3 Å². The number of hydrogen-bond acceptors (Lipinski definition) is 2. The first-order valence-electron chi connectivity index (χ1n) is 4.99. The minimum absolute atomic E-state index is 0.221. The third kappa shape index (κ3) is 1.49. The van der Waals surface area contributed by atoms with Crippen molar-refractivity contribution in [2.75, 3.05) is 6.61 Å². The SMILES string of the molecule is Fc1ccc2nc3c(cc2c1)COCC3. The van der Waals surface area contributed by atoms with E-state index in [1.807, 2.05) is 6.07 Å². The minimum atomic E-state index is -0.221. The normalized spacial score (nSPS) is 15.3. The summed E-state index contributed by atoms with van der Waals surface area (Å²) in [6, 6.07) is 6.65. The summed E-state index contributed by atoms with van der Waals surface area (Å²) in [6.45, 7) is 1.32. The number of rotatable bonds is 0. The Morgan fingerprint density at radius 2 is 2.20 bits per heavy atom. The topological polar surface area (TPSA) is 22.1 Å². The molecule has 1 aliphatic rings. The highest BCUT2D eigenvalue weighted by Crippen LogP contribution is 2.21. The maximum Gasteiger partial charge on any atom is 0.123 e. The molecule has 0 unspecified atom stereocenters. The minimum Gasteiger partial charge on any atom is -0.376 e. The van der Waals surface area contributed by atoms with E-state index in [0.717, 1.165) is 35.2 Å². The van der Waals surface area contributed by atoms with Crippen molar-refractivity contribution < 1.29 is 9.13 Å². The lowest BCUT2D eigenvalue weighted by molar-refractivity contribution is 0.109. The zero-order valence-corrected chi connectivity index (χ0v) is 8.16. The van der Waals surface area contributed by atoms with Crippen molar-refractivity contribution in [2.24, 2.45) is 0 Å². The zero-order chi connectivity index (χ0) is 10.3. The highest BCUT2D eigenvalue weighted by molar-refractivity contribution is 5.79. The van der Waals surface area contributed by atoms with Gasteiger partial charge in [-0.15, -0.1) is 0 Å². The molecule has 0 N–H and O–H groups in total. The molecule has 1 aromatic carbocycles. The fraction of sp³-hybridized carbons (Fsp3) is 0.250. The van der Waals surface area contributed by atoms with Gasteiger partial charge in [-0.25, -0.2) is 4.39 Å². The van der Waals surface area contributed by atoms with Gasteiger partial charge in [-0.1, -0.05) is 0 Å². The molecule has 0 spiro atoms. The average Bonchev–Trinajstić information content (AvgIpc) is 2.26. The van der Waals surface area contributed by atoms with Gasteiger partial charge in [0, 0.05) is 17.5 Å². The molecule has 1 aromatic heterocycles. The lowest BCUT2D eigenvalue weighted by Gasteiger charge is -2.15. The Kier molecular flexibility index (Phi) is 1.92. The third-order valence-electron chi connectivity index (χ3n) is 2.69. The van der Waals surface area contributed by atoms with Crippen molar-refractivity contribution in [2.45, 2.75) is 13.0 Å². The van der Waals surface area contributed by atoms with Crippen LogP contribution in [0.2, 0.25) is 0 Å². The molecule has 3 rings (SSSR count). The second-order valence-corrected chi connectivity index (χ2v) is 3.73. The Hall–Kier alpha value is -1.48. The van der Waals surface area contributed by atoms with Crippen LogP contribution in [-0.4, -0.2) is 11.6 Å². The molecule has 76 valence electrons. The van der Waals surface area contributed by atoms with Gasteiger partial charge in [-0.3, -0.25) is 4.98 Å². The van der Waals surface area contributed by atoms with Crippen LogP contribution >= 0.6 is 0 Å². The van der Waals surface area contributed by atoms with Crippen molar-refractivity contribution in [1.29, 1.82) is 0 Å². The summed E-state index contributed by atoms with van der Waals surface area (Å²) in [7, 11) is 0. The first kappa shape index (κ1) is 8.80. The summed E-state index contributed by atoms with van der Waals surface area (Å²) in [6.07, 6.45) is 0.850. The zero-order valence-electron chi connectivity index (χ0n) is 8.16. The molecule has 15 heavy (non-hydrogen) atoms. The van der Waals surface area contributed by atoms with Crippen LogP contribution in [0.3, 0.4) is 0 Å². The summed E-state index contributed by atoms with van der Waals surface area (Å²) in [5.41, 5.74) is 3.02. The largest absolute Gasteiger partial charge is 0.376 e. The fourth-order valence-electron chi connectivity index (χ4n) is 1.92. The molecule has 0 aliphatic carbocycles. The van der Waals surface area contributed by atoms with Gasteiger partial charge in [0.15, 0.2) is 0 Å². The van der Waals surface area contributed by atoms with Crippen LogP contribution in [0.1, 0.15) is 11.3 Å². The Bertz CT molecular complexity index is 524. The van der Waals surface area contributed by atoms with Crippen LogP contribution in [-0.2, 0) is 17.8 Å². The van der Waals surface area contributed by atoms with Gasteiger partial charge in [0.2, 0.25) is 0 Å². The van der Waals surface area contributed by atoms with Gasteiger partial charge in [0.1, 0.15) is 5.82 Å². The second kappa shape index (κ2) is 3.28. The number of halogens is 1. The van der Waals surface area contributed by atoms with Crippen molar-refractivity contribution >= 4 is 10.9 Å². The predicted molar refractivity (Wildman–Crippen MR) is 55.1 cm³/mol. The van der Waals surface area contributed by atoms with Gasteiger partial charge >= 0.3 is 0 Å². The van der Waals surface area contributed by atoms with Crippen LogP contribution in [0.5, 0.6) is 0 Å². The summed E-state index contributed by atoms with van der Waals surface area (Å²) >= 11 is 0. The van der Waals surface area contributed by atoms with Crippen LogP contribution in [0, 0.1) is 5.82 Å². The van der Waals surface area contributed by atoms with Crippen LogP contribution < -0.4 is 0 Å². The molecule has 0 saturated heterocycles. The molecule has 0 amide bonds. The summed E-state index contributed by atoms with van der Waals surface area (Å²) < 4.78 is 18.4. The summed E-state index contributed by atoms with van der Waals surface area (Å²) in [5, 5.41) is 0.847. The Labute approximate surface area is 86.7 Å². The molecular formula is C12H10FNO. The van der Waals surface area contributed by atoms with Crippen molar-refractivity contribution in [1.82, 2.24) is 4.98 Å². The van der Waals surface area contributed by atoms with E-state index >= 15 is 0 Å². The van der Waals surface area contributed by atoms with Gasteiger partial charge in [-0.05, 0) is 29.8 Å². The molecule has 1 aliphatic heterocycles. The van der Waals surface area contributed by atoms with Gasteiger partial charge in [0.25, 0.3) is 0 Å². The Morgan fingerprint density at radius 1 is 1.27 bits per heavy atom.